The molecule has 2 aromatic rings. The van der Waals surface area contributed by atoms with Gasteiger partial charge < -0.3 is 14.4 Å². The van der Waals surface area contributed by atoms with Crippen molar-refractivity contribution in [3.05, 3.63) is 47.0 Å². The number of nitrogens with zero attached hydrogens (tertiary/aromatic N) is 3. The molecule has 25 heavy (non-hydrogen) atoms. The van der Waals surface area contributed by atoms with Crippen molar-refractivity contribution in [3.8, 4) is 11.5 Å². The first-order chi connectivity index (χ1) is 12.0. The number of hydrogen-bond donors (Lipinski definition) is 0. The standard InChI is InChI=1S/C19H23N3O3/c1-12-16(10-20-13(2)21-12)19(23)22-9-8-14(11-22)15-6-5-7-17(24-3)18(15)25-4/h5-7,10,14H,8-9,11H2,1-4H3. The Morgan fingerprint density at radius 2 is 2.04 bits per heavy atom. The maximum Gasteiger partial charge on any atom is 0.257 e. The van der Waals surface area contributed by atoms with E-state index in [4.69, 9.17) is 9.47 Å². The number of aromatic nitrogens is 2. The summed E-state index contributed by atoms with van der Waals surface area (Å²) in [4.78, 5) is 23.2. The van der Waals surface area contributed by atoms with E-state index >= 15 is 0 Å². The molecule has 3 rings (SSSR count). The molecular weight excluding hydrogens is 318 g/mol. The monoisotopic (exact) mass is 341 g/mol. The molecule has 6 heteroatoms. The minimum Gasteiger partial charge on any atom is -0.493 e. The number of amides is 1. The second-order valence-electron chi connectivity index (χ2n) is 6.24. The maximum absolute atomic E-state index is 12.8. The predicted octanol–water partition coefficient (Wildman–Crippen LogP) is 2.74. The maximum atomic E-state index is 12.8. The molecule has 0 bridgehead atoms. The smallest absolute Gasteiger partial charge is 0.257 e. The molecule has 0 spiro atoms. The van der Waals surface area contributed by atoms with Crippen LogP contribution in [0.1, 0.15) is 39.8 Å². The topological polar surface area (TPSA) is 64.5 Å². The number of benzene rings is 1. The fourth-order valence-corrected chi connectivity index (χ4v) is 3.40. The molecule has 1 aromatic heterocycles. The lowest BCUT2D eigenvalue weighted by molar-refractivity contribution is 0.0789. The van der Waals surface area contributed by atoms with Crippen molar-refractivity contribution in [2.45, 2.75) is 26.2 Å². The number of carbonyl (C=O) groups excluding carboxylic acids is 1. The first-order valence-corrected chi connectivity index (χ1v) is 8.35. The molecule has 1 atom stereocenters. The Balaban J connectivity index is 1.81. The van der Waals surface area contributed by atoms with Crippen LogP contribution >= 0.6 is 0 Å². The molecule has 1 aromatic carbocycles. The van der Waals surface area contributed by atoms with E-state index in [1.165, 1.54) is 0 Å². The molecule has 1 unspecified atom stereocenters. The first kappa shape index (κ1) is 17.2. The zero-order chi connectivity index (χ0) is 18.0. The van der Waals surface area contributed by atoms with Crippen LogP contribution in [0.2, 0.25) is 0 Å². The van der Waals surface area contributed by atoms with Crippen molar-refractivity contribution in [3.63, 3.8) is 0 Å². The third-order valence-corrected chi connectivity index (χ3v) is 4.68. The molecule has 0 saturated carbocycles. The SMILES string of the molecule is COc1cccc(C2CCN(C(=O)c3cnc(C)nc3C)C2)c1OC. The fraction of sp³-hybridized carbons (Fsp3) is 0.421. The van der Waals surface area contributed by atoms with E-state index in [1.54, 1.807) is 20.4 Å². The summed E-state index contributed by atoms with van der Waals surface area (Å²) in [6.07, 6.45) is 2.51. The highest BCUT2D eigenvalue weighted by molar-refractivity contribution is 5.95. The highest BCUT2D eigenvalue weighted by atomic mass is 16.5. The Kier molecular flexibility index (Phi) is 4.88. The molecule has 1 aliphatic rings. The first-order valence-electron chi connectivity index (χ1n) is 8.35. The van der Waals surface area contributed by atoms with E-state index in [0.717, 1.165) is 23.4 Å². The number of rotatable bonds is 4. The number of hydrogen-bond acceptors (Lipinski definition) is 5. The molecule has 0 radical (unpaired) electrons. The summed E-state index contributed by atoms with van der Waals surface area (Å²) < 4.78 is 10.9. The zero-order valence-corrected chi connectivity index (χ0v) is 15.1. The Morgan fingerprint density at radius 1 is 1.24 bits per heavy atom. The van der Waals surface area contributed by atoms with Gasteiger partial charge in [-0.2, -0.15) is 0 Å². The minimum atomic E-state index is -0.0122. The largest absolute Gasteiger partial charge is 0.493 e. The summed E-state index contributed by atoms with van der Waals surface area (Å²) >= 11 is 0. The van der Waals surface area contributed by atoms with Crippen LogP contribution in [0.25, 0.3) is 0 Å². The van der Waals surface area contributed by atoms with E-state index < -0.39 is 0 Å². The lowest BCUT2D eigenvalue weighted by atomic mass is 9.97. The second kappa shape index (κ2) is 7.09. The van der Waals surface area contributed by atoms with Gasteiger partial charge in [-0.25, -0.2) is 9.97 Å². The van der Waals surface area contributed by atoms with E-state index in [9.17, 15) is 4.79 Å². The number of methoxy groups -OCH3 is 2. The summed E-state index contributed by atoms with van der Waals surface area (Å²) in [5.41, 5.74) is 2.37. The Hall–Kier alpha value is -2.63. The van der Waals surface area contributed by atoms with Gasteiger partial charge in [-0.15, -0.1) is 0 Å². The average Bonchev–Trinajstić information content (AvgIpc) is 3.10. The summed E-state index contributed by atoms with van der Waals surface area (Å²) in [7, 11) is 3.28. The zero-order valence-electron chi connectivity index (χ0n) is 15.1. The summed E-state index contributed by atoms with van der Waals surface area (Å²) in [5.74, 6) is 2.35. The number of aryl methyl sites for hydroxylation is 2. The molecule has 2 heterocycles. The molecule has 1 amide bonds. The number of likely N-dealkylation sites (tertiary alicyclic amines) is 1. The van der Waals surface area contributed by atoms with E-state index in [-0.39, 0.29) is 11.8 Å². The van der Waals surface area contributed by atoms with Gasteiger partial charge in [0.15, 0.2) is 11.5 Å². The van der Waals surface area contributed by atoms with Gasteiger partial charge in [0.2, 0.25) is 0 Å². The van der Waals surface area contributed by atoms with Crippen LogP contribution in [-0.4, -0.2) is 48.1 Å². The van der Waals surface area contributed by atoms with Crippen LogP contribution in [0.3, 0.4) is 0 Å². The van der Waals surface area contributed by atoms with E-state index in [0.29, 0.717) is 30.2 Å². The van der Waals surface area contributed by atoms with Gasteiger partial charge in [-0.3, -0.25) is 4.79 Å². The van der Waals surface area contributed by atoms with Gasteiger partial charge in [0.1, 0.15) is 5.82 Å². The third-order valence-electron chi connectivity index (χ3n) is 4.68. The van der Waals surface area contributed by atoms with Crippen LogP contribution in [-0.2, 0) is 0 Å². The lowest BCUT2D eigenvalue weighted by Gasteiger charge is -2.19. The van der Waals surface area contributed by atoms with Gasteiger partial charge in [-0.1, -0.05) is 12.1 Å². The number of para-hydroxylation sites is 1. The van der Waals surface area contributed by atoms with Gasteiger partial charge in [-0.05, 0) is 26.3 Å². The van der Waals surface area contributed by atoms with Crippen molar-refractivity contribution in [1.29, 1.82) is 0 Å². The second-order valence-corrected chi connectivity index (χ2v) is 6.24. The van der Waals surface area contributed by atoms with Crippen LogP contribution < -0.4 is 9.47 Å². The fourth-order valence-electron chi connectivity index (χ4n) is 3.40. The molecular formula is C19H23N3O3. The molecule has 0 N–H and O–H groups in total. The molecule has 132 valence electrons. The van der Waals surface area contributed by atoms with Gasteiger partial charge in [0.25, 0.3) is 5.91 Å². The highest BCUT2D eigenvalue weighted by Crippen LogP contribution is 2.39. The Bertz CT molecular complexity index is 791. The van der Waals surface area contributed by atoms with Gasteiger partial charge in [0, 0.05) is 30.8 Å². The van der Waals surface area contributed by atoms with E-state index in [1.807, 2.05) is 36.9 Å². The number of ether oxygens (including phenoxy) is 2. The minimum absolute atomic E-state index is 0.0122. The van der Waals surface area contributed by atoms with Crippen molar-refractivity contribution in [2.24, 2.45) is 0 Å². The van der Waals surface area contributed by atoms with Crippen molar-refractivity contribution >= 4 is 5.91 Å². The molecule has 1 fully saturated rings. The Labute approximate surface area is 147 Å². The molecule has 1 saturated heterocycles. The van der Waals surface area contributed by atoms with Crippen LogP contribution in [0, 0.1) is 13.8 Å². The van der Waals surface area contributed by atoms with E-state index in [2.05, 4.69) is 9.97 Å². The summed E-state index contributed by atoms with van der Waals surface area (Å²) in [6, 6.07) is 5.88. The average molecular weight is 341 g/mol. The van der Waals surface area contributed by atoms with Crippen LogP contribution in [0.15, 0.2) is 24.4 Å². The molecule has 0 aliphatic carbocycles. The van der Waals surface area contributed by atoms with Crippen LogP contribution in [0.4, 0.5) is 0 Å². The van der Waals surface area contributed by atoms with Crippen molar-refractivity contribution in [1.82, 2.24) is 14.9 Å². The quantitative estimate of drug-likeness (QED) is 0.855. The molecule has 1 aliphatic heterocycles. The third kappa shape index (κ3) is 3.29. The Morgan fingerprint density at radius 3 is 2.72 bits per heavy atom. The lowest BCUT2D eigenvalue weighted by Crippen LogP contribution is -2.29. The molecule has 6 nitrogen and oxygen atoms in total. The van der Waals surface area contributed by atoms with Gasteiger partial charge >= 0.3 is 0 Å². The van der Waals surface area contributed by atoms with Crippen LogP contribution in [0.5, 0.6) is 11.5 Å². The van der Waals surface area contributed by atoms with Crippen molar-refractivity contribution < 1.29 is 14.3 Å². The number of carbonyl (C=O) groups is 1. The normalized spacial score (nSPS) is 16.8. The van der Waals surface area contributed by atoms with Gasteiger partial charge in [0.05, 0.1) is 25.5 Å². The van der Waals surface area contributed by atoms with Crippen molar-refractivity contribution in [2.75, 3.05) is 27.3 Å². The highest BCUT2D eigenvalue weighted by Gasteiger charge is 2.31. The summed E-state index contributed by atoms with van der Waals surface area (Å²) in [6.45, 7) is 5.02. The predicted molar refractivity (Wildman–Crippen MR) is 94.3 cm³/mol. The summed E-state index contributed by atoms with van der Waals surface area (Å²) in [5, 5.41) is 0.